The van der Waals surface area contributed by atoms with Crippen molar-refractivity contribution in [1.29, 1.82) is 0 Å². The Balaban J connectivity index is 0.000000902. The summed E-state index contributed by atoms with van der Waals surface area (Å²) in [6, 6.07) is 3.71. The number of hydrogen-bond acceptors (Lipinski definition) is 3. The quantitative estimate of drug-likeness (QED) is 0.880. The molecule has 106 valence electrons. The molecule has 4 nitrogen and oxygen atoms in total. The van der Waals surface area contributed by atoms with Crippen molar-refractivity contribution in [1.82, 2.24) is 4.98 Å². The lowest BCUT2D eigenvalue weighted by atomic mass is 9.84. The fraction of sp³-hybridized carbons (Fsp3) is 0.538. The van der Waals surface area contributed by atoms with Crippen molar-refractivity contribution >= 4 is 36.4 Å². The molecule has 2 fully saturated rings. The molecule has 2 bridgehead atoms. The maximum absolute atomic E-state index is 12.2. The van der Waals surface area contributed by atoms with E-state index >= 15 is 0 Å². The fourth-order valence-electron chi connectivity index (χ4n) is 3.39. The Hall–Kier alpha value is -0.840. The van der Waals surface area contributed by atoms with Gasteiger partial charge < -0.3 is 11.1 Å². The van der Waals surface area contributed by atoms with Crippen LogP contribution in [0.15, 0.2) is 24.5 Å². The van der Waals surface area contributed by atoms with Crippen LogP contribution in [0.3, 0.4) is 0 Å². The van der Waals surface area contributed by atoms with Gasteiger partial charge in [-0.05, 0) is 43.2 Å². The second-order valence-corrected chi connectivity index (χ2v) is 5.17. The molecule has 0 aliphatic heterocycles. The number of halogens is 2. The molecule has 2 aliphatic carbocycles. The first-order valence-electron chi connectivity index (χ1n) is 6.22. The summed E-state index contributed by atoms with van der Waals surface area (Å²) in [7, 11) is 0. The molecule has 1 aromatic heterocycles. The zero-order chi connectivity index (χ0) is 11.8. The number of hydrogen-bond donors (Lipinski definition) is 2. The number of aromatic nitrogens is 1. The number of nitrogens with two attached hydrogens (primary N) is 1. The normalized spacial score (nSPS) is 31.2. The molecule has 6 heteroatoms. The smallest absolute Gasteiger partial charge is 0.229 e. The van der Waals surface area contributed by atoms with Crippen molar-refractivity contribution in [3.05, 3.63) is 24.5 Å². The highest BCUT2D eigenvalue weighted by Gasteiger charge is 2.49. The van der Waals surface area contributed by atoms with E-state index in [1.54, 1.807) is 12.4 Å². The lowest BCUT2D eigenvalue weighted by Gasteiger charge is -2.26. The van der Waals surface area contributed by atoms with Crippen molar-refractivity contribution in [3.63, 3.8) is 0 Å². The SMILES string of the molecule is Cl.Cl.NC1C2CCC(C2)C1C(=O)Nc1cccnc1. The van der Waals surface area contributed by atoms with Crippen LogP contribution >= 0.6 is 24.8 Å². The molecule has 4 unspecified atom stereocenters. The summed E-state index contributed by atoms with van der Waals surface area (Å²) in [5.41, 5.74) is 6.90. The highest BCUT2D eigenvalue weighted by atomic mass is 35.5. The van der Waals surface area contributed by atoms with Gasteiger partial charge in [0.05, 0.1) is 17.8 Å². The average Bonchev–Trinajstić information content (AvgIpc) is 2.90. The van der Waals surface area contributed by atoms with Gasteiger partial charge in [0.1, 0.15) is 0 Å². The van der Waals surface area contributed by atoms with Gasteiger partial charge in [-0.3, -0.25) is 9.78 Å². The molecular formula is C13H19Cl2N3O. The van der Waals surface area contributed by atoms with Crippen molar-refractivity contribution in [2.24, 2.45) is 23.5 Å². The Kier molecular flexibility index (Phi) is 5.59. The third-order valence-electron chi connectivity index (χ3n) is 4.21. The Bertz CT molecular complexity index is 427. The van der Waals surface area contributed by atoms with Crippen molar-refractivity contribution < 1.29 is 4.79 Å². The minimum atomic E-state index is -0.00560. The number of pyridine rings is 1. The van der Waals surface area contributed by atoms with Gasteiger partial charge in [-0.15, -0.1) is 24.8 Å². The highest BCUT2D eigenvalue weighted by molar-refractivity contribution is 5.93. The second kappa shape index (κ2) is 6.55. The monoisotopic (exact) mass is 303 g/mol. The van der Waals surface area contributed by atoms with Crippen LogP contribution in [0.4, 0.5) is 5.69 Å². The molecule has 2 aliphatic rings. The number of rotatable bonds is 2. The van der Waals surface area contributed by atoms with Gasteiger partial charge in [0.25, 0.3) is 0 Å². The summed E-state index contributed by atoms with van der Waals surface area (Å²) in [5, 5.41) is 2.92. The van der Waals surface area contributed by atoms with Crippen LogP contribution in [-0.4, -0.2) is 16.9 Å². The Morgan fingerprint density at radius 2 is 2.05 bits per heavy atom. The molecule has 1 heterocycles. The van der Waals surface area contributed by atoms with E-state index in [9.17, 15) is 4.79 Å². The van der Waals surface area contributed by atoms with E-state index in [0.29, 0.717) is 11.8 Å². The van der Waals surface area contributed by atoms with E-state index in [1.165, 1.54) is 6.42 Å². The summed E-state index contributed by atoms with van der Waals surface area (Å²) in [5.74, 6) is 1.11. The van der Waals surface area contributed by atoms with Crippen molar-refractivity contribution in [3.8, 4) is 0 Å². The third-order valence-corrected chi connectivity index (χ3v) is 4.21. The van der Waals surface area contributed by atoms with E-state index in [4.69, 9.17) is 5.73 Å². The minimum Gasteiger partial charge on any atom is -0.327 e. The first-order valence-corrected chi connectivity index (χ1v) is 6.22. The molecule has 1 aromatic rings. The van der Waals surface area contributed by atoms with Gasteiger partial charge in [-0.2, -0.15) is 0 Å². The number of nitrogens with one attached hydrogen (secondary N) is 1. The summed E-state index contributed by atoms with van der Waals surface area (Å²) in [6.07, 6.45) is 6.84. The topological polar surface area (TPSA) is 68.0 Å². The van der Waals surface area contributed by atoms with Crippen LogP contribution in [0.1, 0.15) is 19.3 Å². The maximum atomic E-state index is 12.2. The highest BCUT2D eigenvalue weighted by Crippen LogP contribution is 2.47. The van der Waals surface area contributed by atoms with Crippen LogP contribution < -0.4 is 11.1 Å². The molecule has 19 heavy (non-hydrogen) atoms. The first kappa shape index (κ1) is 16.2. The lowest BCUT2D eigenvalue weighted by molar-refractivity contribution is -0.121. The van der Waals surface area contributed by atoms with Gasteiger partial charge >= 0.3 is 0 Å². The van der Waals surface area contributed by atoms with Crippen LogP contribution in [-0.2, 0) is 4.79 Å². The fourth-order valence-corrected chi connectivity index (χ4v) is 3.39. The summed E-state index contributed by atoms with van der Waals surface area (Å²) >= 11 is 0. The molecule has 1 amide bonds. The zero-order valence-electron chi connectivity index (χ0n) is 10.5. The van der Waals surface area contributed by atoms with Crippen LogP contribution in [0.2, 0.25) is 0 Å². The average molecular weight is 304 g/mol. The third kappa shape index (κ3) is 3.02. The Morgan fingerprint density at radius 1 is 1.32 bits per heavy atom. The number of anilines is 1. The number of carbonyl (C=O) groups is 1. The van der Waals surface area contributed by atoms with Gasteiger partial charge in [-0.1, -0.05) is 0 Å². The molecule has 3 rings (SSSR count). The number of fused-ring (bicyclic) bond motifs is 2. The van der Waals surface area contributed by atoms with Crippen LogP contribution in [0.5, 0.6) is 0 Å². The molecule has 0 aromatic carbocycles. The molecule has 0 saturated heterocycles. The Morgan fingerprint density at radius 3 is 2.63 bits per heavy atom. The van der Waals surface area contributed by atoms with E-state index in [2.05, 4.69) is 10.3 Å². The number of nitrogens with zero attached hydrogens (tertiary/aromatic N) is 1. The van der Waals surface area contributed by atoms with Crippen molar-refractivity contribution in [2.75, 3.05) is 5.32 Å². The minimum absolute atomic E-state index is 0. The van der Waals surface area contributed by atoms with Gasteiger partial charge in [-0.25, -0.2) is 0 Å². The van der Waals surface area contributed by atoms with Gasteiger partial charge in [0.2, 0.25) is 5.91 Å². The predicted molar refractivity (Wildman–Crippen MR) is 79.7 cm³/mol. The number of amides is 1. The molecule has 0 radical (unpaired) electrons. The molecule has 2 saturated carbocycles. The van der Waals surface area contributed by atoms with E-state index in [0.717, 1.165) is 18.5 Å². The van der Waals surface area contributed by atoms with Crippen LogP contribution in [0.25, 0.3) is 0 Å². The summed E-state index contributed by atoms with van der Waals surface area (Å²) in [6.45, 7) is 0. The van der Waals surface area contributed by atoms with Gasteiger partial charge in [0, 0.05) is 12.2 Å². The maximum Gasteiger partial charge on any atom is 0.229 e. The molecule has 4 atom stereocenters. The zero-order valence-corrected chi connectivity index (χ0v) is 12.1. The Labute approximate surface area is 125 Å². The second-order valence-electron chi connectivity index (χ2n) is 5.17. The standard InChI is InChI=1S/C13H17N3O.2ClH/c14-12-9-4-3-8(6-9)11(12)13(17)16-10-2-1-5-15-7-10;;/h1-2,5,7-9,11-12H,3-4,6,14H2,(H,16,17);2*1H. The molecule has 3 N–H and O–H groups in total. The summed E-state index contributed by atoms with van der Waals surface area (Å²) < 4.78 is 0. The summed E-state index contributed by atoms with van der Waals surface area (Å²) in [4.78, 5) is 16.2. The number of carbonyl (C=O) groups excluding carboxylic acids is 1. The van der Waals surface area contributed by atoms with E-state index in [1.807, 2.05) is 12.1 Å². The first-order chi connectivity index (χ1) is 8.25. The largest absolute Gasteiger partial charge is 0.327 e. The molecule has 0 spiro atoms. The predicted octanol–water partition coefficient (Wildman–Crippen LogP) is 2.24. The van der Waals surface area contributed by atoms with Crippen molar-refractivity contribution in [2.45, 2.75) is 25.3 Å². The molecular weight excluding hydrogens is 285 g/mol. The lowest BCUT2D eigenvalue weighted by Crippen LogP contribution is -2.42. The van der Waals surface area contributed by atoms with Gasteiger partial charge in [0.15, 0.2) is 0 Å². The van der Waals surface area contributed by atoms with E-state index < -0.39 is 0 Å². The van der Waals surface area contributed by atoms with Crippen LogP contribution in [0, 0.1) is 17.8 Å². The van der Waals surface area contributed by atoms with E-state index in [-0.39, 0.29) is 42.7 Å².